The van der Waals surface area contributed by atoms with Gasteiger partial charge in [0.15, 0.2) is 0 Å². The molecular formula is C7H12O4S. The Hall–Kier alpha value is -0.260. The van der Waals surface area contributed by atoms with E-state index in [1.807, 2.05) is 0 Å². The Labute approximate surface area is 74.9 Å². The van der Waals surface area contributed by atoms with E-state index in [0.717, 1.165) is 0 Å². The SMILES string of the molecule is CC(=O)OCC1SCC(O)C1O. The molecular weight excluding hydrogens is 180 g/mol. The van der Waals surface area contributed by atoms with Crippen LogP contribution in [0.5, 0.6) is 0 Å². The van der Waals surface area contributed by atoms with Crippen LogP contribution in [0.3, 0.4) is 0 Å². The van der Waals surface area contributed by atoms with E-state index in [1.54, 1.807) is 0 Å². The monoisotopic (exact) mass is 192 g/mol. The summed E-state index contributed by atoms with van der Waals surface area (Å²) in [6.45, 7) is 1.50. The largest absolute Gasteiger partial charge is 0.465 e. The molecule has 0 radical (unpaired) electrons. The third kappa shape index (κ3) is 2.36. The molecule has 70 valence electrons. The van der Waals surface area contributed by atoms with Crippen LogP contribution >= 0.6 is 11.8 Å². The zero-order valence-corrected chi connectivity index (χ0v) is 7.58. The maximum Gasteiger partial charge on any atom is 0.302 e. The van der Waals surface area contributed by atoms with Gasteiger partial charge in [-0.05, 0) is 0 Å². The second-order valence-corrected chi connectivity index (χ2v) is 4.00. The fourth-order valence-electron chi connectivity index (χ4n) is 1.01. The predicted octanol–water partition coefficient (Wildman–Crippen LogP) is -0.613. The molecule has 2 N–H and O–H groups in total. The Balaban J connectivity index is 2.29. The second kappa shape index (κ2) is 4.11. The van der Waals surface area contributed by atoms with Gasteiger partial charge in [-0.25, -0.2) is 0 Å². The minimum Gasteiger partial charge on any atom is -0.465 e. The summed E-state index contributed by atoms with van der Waals surface area (Å²) in [6, 6.07) is 0. The Kier molecular flexibility index (Phi) is 3.37. The van der Waals surface area contributed by atoms with E-state index in [1.165, 1.54) is 18.7 Å². The van der Waals surface area contributed by atoms with Crippen LogP contribution in [-0.4, -0.2) is 46.0 Å². The maximum absolute atomic E-state index is 10.4. The minimum absolute atomic E-state index is 0.177. The average Bonchev–Trinajstić information content (AvgIpc) is 2.30. The van der Waals surface area contributed by atoms with Gasteiger partial charge in [-0.15, -0.1) is 11.8 Å². The fraction of sp³-hybridized carbons (Fsp3) is 0.857. The quantitative estimate of drug-likeness (QED) is 0.571. The molecule has 1 fully saturated rings. The van der Waals surface area contributed by atoms with Gasteiger partial charge in [0.05, 0.1) is 17.5 Å². The van der Waals surface area contributed by atoms with Crippen LogP contribution in [0.1, 0.15) is 6.92 Å². The molecule has 0 bridgehead atoms. The summed E-state index contributed by atoms with van der Waals surface area (Å²) in [4.78, 5) is 10.4. The van der Waals surface area contributed by atoms with Crippen LogP contribution in [0, 0.1) is 0 Å². The average molecular weight is 192 g/mol. The van der Waals surface area contributed by atoms with Crippen molar-refractivity contribution in [2.24, 2.45) is 0 Å². The van der Waals surface area contributed by atoms with Crippen LogP contribution < -0.4 is 0 Å². The first kappa shape index (κ1) is 9.83. The first-order valence-electron chi connectivity index (χ1n) is 3.72. The topological polar surface area (TPSA) is 66.8 Å². The third-order valence-corrected chi connectivity index (χ3v) is 3.08. The number of aliphatic hydroxyl groups excluding tert-OH is 2. The lowest BCUT2D eigenvalue weighted by atomic mass is 10.2. The first-order valence-corrected chi connectivity index (χ1v) is 4.77. The highest BCUT2D eigenvalue weighted by Gasteiger charge is 2.34. The third-order valence-electron chi connectivity index (χ3n) is 1.71. The smallest absolute Gasteiger partial charge is 0.302 e. The highest BCUT2D eigenvalue weighted by molar-refractivity contribution is 8.00. The van der Waals surface area contributed by atoms with Gasteiger partial charge >= 0.3 is 5.97 Å². The van der Waals surface area contributed by atoms with Crippen LogP contribution in [0.25, 0.3) is 0 Å². The zero-order valence-electron chi connectivity index (χ0n) is 6.77. The molecule has 12 heavy (non-hydrogen) atoms. The maximum atomic E-state index is 10.4. The number of carbonyl (C=O) groups is 1. The number of esters is 1. The number of carbonyl (C=O) groups excluding carboxylic acids is 1. The van der Waals surface area contributed by atoms with Crippen LogP contribution in [-0.2, 0) is 9.53 Å². The highest BCUT2D eigenvalue weighted by atomic mass is 32.2. The molecule has 0 amide bonds. The summed E-state index contributed by atoms with van der Waals surface area (Å²) in [5, 5.41) is 18.3. The minimum atomic E-state index is -0.769. The summed E-state index contributed by atoms with van der Waals surface area (Å²) >= 11 is 1.42. The lowest BCUT2D eigenvalue weighted by molar-refractivity contribution is -0.141. The van der Waals surface area contributed by atoms with Gasteiger partial charge in [0.2, 0.25) is 0 Å². The molecule has 0 aromatic carbocycles. The lowest BCUT2D eigenvalue weighted by Gasteiger charge is -2.14. The number of rotatable bonds is 2. The van der Waals surface area contributed by atoms with Crippen molar-refractivity contribution in [1.82, 2.24) is 0 Å². The zero-order chi connectivity index (χ0) is 9.14. The summed E-state index contributed by atoms with van der Waals surface area (Å²) < 4.78 is 4.71. The van der Waals surface area contributed by atoms with Crippen molar-refractivity contribution in [3.63, 3.8) is 0 Å². The molecule has 1 saturated heterocycles. The molecule has 0 aliphatic carbocycles. The van der Waals surface area contributed by atoms with Gasteiger partial charge < -0.3 is 14.9 Å². The number of thioether (sulfide) groups is 1. The molecule has 1 rings (SSSR count). The van der Waals surface area contributed by atoms with Crippen molar-refractivity contribution in [1.29, 1.82) is 0 Å². The molecule has 1 heterocycles. The second-order valence-electron chi connectivity index (χ2n) is 2.73. The van der Waals surface area contributed by atoms with E-state index in [4.69, 9.17) is 9.84 Å². The van der Waals surface area contributed by atoms with Crippen LogP contribution in [0.2, 0.25) is 0 Å². The van der Waals surface area contributed by atoms with Crippen molar-refractivity contribution < 1.29 is 19.7 Å². The number of hydrogen-bond donors (Lipinski definition) is 2. The van der Waals surface area contributed by atoms with Crippen molar-refractivity contribution in [2.45, 2.75) is 24.4 Å². The van der Waals surface area contributed by atoms with Gasteiger partial charge in [0.1, 0.15) is 6.61 Å². The summed E-state index contributed by atoms with van der Waals surface area (Å²) in [7, 11) is 0. The summed E-state index contributed by atoms with van der Waals surface area (Å²) in [5.41, 5.74) is 0. The van der Waals surface area contributed by atoms with E-state index >= 15 is 0 Å². The van der Waals surface area contributed by atoms with Crippen LogP contribution in [0.4, 0.5) is 0 Å². The molecule has 0 aromatic rings. The molecule has 3 atom stereocenters. The Morgan fingerprint density at radius 1 is 1.67 bits per heavy atom. The molecule has 0 spiro atoms. The first-order chi connectivity index (χ1) is 5.61. The predicted molar refractivity (Wildman–Crippen MR) is 44.9 cm³/mol. The number of hydrogen-bond acceptors (Lipinski definition) is 5. The van der Waals surface area contributed by atoms with Gasteiger partial charge in [0.25, 0.3) is 0 Å². The van der Waals surface area contributed by atoms with E-state index < -0.39 is 12.2 Å². The molecule has 3 unspecified atom stereocenters. The van der Waals surface area contributed by atoms with Gasteiger partial charge in [-0.1, -0.05) is 0 Å². The van der Waals surface area contributed by atoms with E-state index in [0.29, 0.717) is 5.75 Å². The van der Waals surface area contributed by atoms with Crippen molar-refractivity contribution in [3.8, 4) is 0 Å². The standard InChI is InChI=1S/C7H12O4S/c1-4(8)11-2-6-7(10)5(9)3-12-6/h5-7,9-10H,2-3H2,1H3. The van der Waals surface area contributed by atoms with E-state index in [2.05, 4.69) is 0 Å². The Morgan fingerprint density at radius 3 is 2.75 bits per heavy atom. The Bertz CT molecular complexity index is 173. The molecule has 0 saturated carbocycles. The molecule has 0 aromatic heterocycles. The molecule has 5 heteroatoms. The van der Waals surface area contributed by atoms with Crippen molar-refractivity contribution >= 4 is 17.7 Å². The molecule has 1 aliphatic rings. The van der Waals surface area contributed by atoms with Gasteiger partial charge in [0, 0.05) is 12.7 Å². The van der Waals surface area contributed by atoms with Gasteiger partial charge in [-0.3, -0.25) is 4.79 Å². The van der Waals surface area contributed by atoms with Gasteiger partial charge in [-0.2, -0.15) is 0 Å². The van der Waals surface area contributed by atoms with Crippen molar-refractivity contribution in [2.75, 3.05) is 12.4 Å². The lowest BCUT2D eigenvalue weighted by Crippen LogP contribution is -2.32. The highest BCUT2D eigenvalue weighted by Crippen LogP contribution is 2.27. The fourth-order valence-corrected chi connectivity index (χ4v) is 2.20. The van der Waals surface area contributed by atoms with E-state index in [-0.39, 0.29) is 17.8 Å². The van der Waals surface area contributed by atoms with Crippen LogP contribution in [0.15, 0.2) is 0 Å². The summed E-state index contributed by atoms with van der Waals surface area (Å²) in [5.74, 6) is 0.150. The molecule has 1 aliphatic heterocycles. The number of ether oxygens (including phenoxy) is 1. The van der Waals surface area contributed by atoms with Crippen molar-refractivity contribution in [3.05, 3.63) is 0 Å². The number of aliphatic hydroxyl groups is 2. The normalized spacial score (nSPS) is 35.1. The van der Waals surface area contributed by atoms with E-state index in [9.17, 15) is 9.90 Å². The molecule has 4 nitrogen and oxygen atoms in total. The summed E-state index contributed by atoms with van der Waals surface area (Å²) in [6.07, 6.45) is -1.45. The Morgan fingerprint density at radius 2 is 2.33 bits per heavy atom.